The summed E-state index contributed by atoms with van der Waals surface area (Å²) in [4.78, 5) is 12.7. The van der Waals surface area contributed by atoms with E-state index in [2.05, 4.69) is 0 Å². The summed E-state index contributed by atoms with van der Waals surface area (Å²) in [5.41, 5.74) is 0.285. The number of ether oxygens (including phenoxy) is 2. The highest BCUT2D eigenvalue weighted by Crippen LogP contribution is 2.40. The van der Waals surface area contributed by atoms with Crippen LogP contribution in [0.15, 0.2) is 45.8 Å². The fourth-order valence-corrected chi connectivity index (χ4v) is 2.42. The summed E-state index contributed by atoms with van der Waals surface area (Å²) in [7, 11) is 2.89. The van der Waals surface area contributed by atoms with E-state index >= 15 is 0 Å². The van der Waals surface area contributed by atoms with Gasteiger partial charge in [-0.3, -0.25) is 4.79 Å². The number of phenolic OH excluding ortho intramolecular Hbond substituents is 2. The molecule has 0 bridgehead atoms. The third kappa shape index (κ3) is 2.44. The van der Waals surface area contributed by atoms with Crippen molar-refractivity contribution in [3.8, 4) is 34.1 Å². The number of hydrogen-bond donors (Lipinski definition) is 2. The lowest BCUT2D eigenvalue weighted by Crippen LogP contribution is -2.06. The molecule has 0 unspecified atom stereocenters. The fraction of sp³-hybridized carbons (Fsp3) is 0.118. The van der Waals surface area contributed by atoms with Gasteiger partial charge in [0.1, 0.15) is 34.8 Å². The van der Waals surface area contributed by atoms with Gasteiger partial charge in [0.15, 0.2) is 0 Å². The van der Waals surface area contributed by atoms with E-state index in [1.54, 1.807) is 6.07 Å². The predicted octanol–water partition coefficient (Wildman–Crippen LogP) is 2.89. The zero-order valence-corrected chi connectivity index (χ0v) is 12.5. The van der Waals surface area contributed by atoms with Gasteiger partial charge in [-0.1, -0.05) is 0 Å². The van der Waals surface area contributed by atoms with Crippen molar-refractivity contribution in [3.05, 3.63) is 46.8 Å². The standard InChI is InChI=1S/C17H14O6/c1-21-10-6-13(19)16(15(7-10)22-2)12-8-23-14-5-9(18)3-4-11(14)17(12)20/h3-8,18-19H,1-2H3. The Hall–Kier alpha value is -3.15. The van der Waals surface area contributed by atoms with Crippen molar-refractivity contribution in [3.63, 3.8) is 0 Å². The van der Waals surface area contributed by atoms with Gasteiger partial charge in [0, 0.05) is 18.2 Å². The van der Waals surface area contributed by atoms with Crippen molar-refractivity contribution >= 4 is 11.0 Å². The Bertz CT molecular complexity index is 942. The summed E-state index contributed by atoms with van der Waals surface area (Å²) in [6.45, 7) is 0. The molecule has 0 aliphatic rings. The molecule has 0 saturated heterocycles. The van der Waals surface area contributed by atoms with Crippen LogP contribution >= 0.6 is 0 Å². The van der Waals surface area contributed by atoms with Crippen LogP contribution in [-0.2, 0) is 0 Å². The minimum absolute atomic E-state index is 0.00160. The molecule has 1 heterocycles. The molecule has 1 aromatic heterocycles. The first-order chi connectivity index (χ1) is 11.0. The smallest absolute Gasteiger partial charge is 0.200 e. The number of rotatable bonds is 3. The number of hydrogen-bond acceptors (Lipinski definition) is 6. The Balaban J connectivity index is 2.31. The second-order valence-corrected chi connectivity index (χ2v) is 4.88. The summed E-state index contributed by atoms with van der Waals surface area (Å²) in [5.74, 6) is 0.524. The Morgan fingerprint density at radius 2 is 1.83 bits per heavy atom. The first-order valence-electron chi connectivity index (χ1n) is 6.75. The van der Waals surface area contributed by atoms with E-state index in [4.69, 9.17) is 13.9 Å². The van der Waals surface area contributed by atoms with Crippen molar-refractivity contribution < 1.29 is 24.1 Å². The highest BCUT2D eigenvalue weighted by atomic mass is 16.5. The maximum atomic E-state index is 12.7. The summed E-state index contributed by atoms with van der Waals surface area (Å²) in [6, 6.07) is 7.17. The minimum Gasteiger partial charge on any atom is -0.508 e. The molecule has 0 saturated carbocycles. The van der Waals surface area contributed by atoms with Gasteiger partial charge >= 0.3 is 0 Å². The zero-order valence-electron chi connectivity index (χ0n) is 12.5. The van der Waals surface area contributed by atoms with Gasteiger partial charge in [-0.05, 0) is 12.1 Å². The molecule has 0 aliphatic carbocycles. The fourth-order valence-electron chi connectivity index (χ4n) is 2.42. The first-order valence-corrected chi connectivity index (χ1v) is 6.75. The van der Waals surface area contributed by atoms with Crippen molar-refractivity contribution in [2.24, 2.45) is 0 Å². The van der Waals surface area contributed by atoms with E-state index in [1.807, 2.05) is 0 Å². The molecule has 0 amide bonds. The first kappa shape index (κ1) is 14.8. The molecule has 118 valence electrons. The number of fused-ring (bicyclic) bond motifs is 1. The maximum Gasteiger partial charge on any atom is 0.200 e. The Morgan fingerprint density at radius 1 is 1.04 bits per heavy atom. The minimum atomic E-state index is -0.343. The number of aromatic hydroxyl groups is 2. The Kier molecular flexibility index (Phi) is 3.57. The highest BCUT2D eigenvalue weighted by Gasteiger charge is 2.19. The number of benzene rings is 2. The lowest BCUT2D eigenvalue weighted by atomic mass is 10.0. The van der Waals surface area contributed by atoms with E-state index in [0.717, 1.165) is 0 Å². The number of methoxy groups -OCH3 is 2. The van der Waals surface area contributed by atoms with Crippen molar-refractivity contribution in [1.29, 1.82) is 0 Å². The van der Waals surface area contributed by atoms with Gasteiger partial charge in [-0.15, -0.1) is 0 Å². The summed E-state index contributed by atoms with van der Waals surface area (Å²) >= 11 is 0. The third-order valence-electron chi connectivity index (χ3n) is 3.54. The second kappa shape index (κ2) is 5.57. The lowest BCUT2D eigenvalue weighted by molar-refractivity contribution is 0.386. The summed E-state index contributed by atoms with van der Waals surface area (Å²) < 4.78 is 15.7. The van der Waals surface area contributed by atoms with E-state index in [1.165, 1.54) is 44.7 Å². The van der Waals surface area contributed by atoms with Crippen LogP contribution < -0.4 is 14.9 Å². The normalized spacial score (nSPS) is 10.7. The van der Waals surface area contributed by atoms with E-state index < -0.39 is 0 Å². The molecule has 0 atom stereocenters. The molecule has 23 heavy (non-hydrogen) atoms. The van der Waals surface area contributed by atoms with Crippen LogP contribution in [0.1, 0.15) is 0 Å². The van der Waals surface area contributed by atoms with Gasteiger partial charge in [0.25, 0.3) is 0 Å². The average Bonchev–Trinajstić information content (AvgIpc) is 2.55. The Morgan fingerprint density at radius 3 is 2.52 bits per heavy atom. The average molecular weight is 314 g/mol. The van der Waals surface area contributed by atoms with Crippen LogP contribution in [0, 0.1) is 0 Å². The van der Waals surface area contributed by atoms with Crippen LogP contribution in [0.25, 0.3) is 22.1 Å². The Labute approximate surface area is 131 Å². The van der Waals surface area contributed by atoms with Crippen molar-refractivity contribution in [1.82, 2.24) is 0 Å². The monoisotopic (exact) mass is 314 g/mol. The molecule has 6 nitrogen and oxygen atoms in total. The molecule has 2 aromatic carbocycles. The highest BCUT2D eigenvalue weighted by molar-refractivity contribution is 5.86. The third-order valence-corrected chi connectivity index (χ3v) is 3.54. The van der Waals surface area contributed by atoms with Crippen molar-refractivity contribution in [2.75, 3.05) is 14.2 Å². The molecular formula is C17H14O6. The quantitative estimate of drug-likeness (QED) is 0.772. The molecule has 0 aliphatic heterocycles. The van der Waals surface area contributed by atoms with Crippen LogP contribution in [-0.4, -0.2) is 24.4 Å². The molecule has 3 aromatic rings. The van der Waals surface area contributed by atoms with Crippen molar-refractivity contribution in [2.45, 2.75) is 0 Å². The van der Waals surface area contributed by atoms with Gasteiger partial charge < -0.3 is 24.1 Å². The molecule has 0 radical (unpaired) electrons. The molecule has 6 heteroatoms. The molecule has 3 rings (SSSR count). The summed E-state index contributed by atoms with van der Waals surface area (Å²) in [5, 5.41) is 20.0. The molecule has 0 spiro atoms. The lowest BCUT2D eigenvalue weighted by Gasteiger charge is -2.12. The van der Waals surface area contributed by atoms with Crippen LogP contribution in [0.4, 0.5) is 0 Å². The predicted molar refractivity (Wildman–Crippen MR) is 84.4 cm³/mol. The van der Waals surface area contributed by atoms with Crippen LogP contribution in [0.5, 0.6) is 23.0 Å². The SMILES string of the molecule is COc1cc(O)c(-c2coc3cc(O)ccc3c2=O)c(OC)c1. The topological polar surface area (TPSA) is 89.1 Å². The van der Waals surface area contributed by atoms with Crippen LogP contribution in [0.3, 0.4) is 0 Å². The summed E-state index contributed by atoms with van der Waals surface area (Å²) in [6.07, 6.45) is 1.23. The number of phenols is 2. The maximum absolute atomic E-state index is 12.7. The van der Waals surface area contributed by atoms with E-state index in [9.17, 15) is 15.0 Å². The van der Waals surface area contributed by atoms with Gasteiger partial charge in [0.05, 0.1) is 30.7 Å². The van der Waals surface area contributed by atoms with Gasteiger partial charge in [-0.2, -0.15) is 0 Å². The van der Waals surface area contributed by atoms with Gasteiger partial charge in [-0.25, -0.2) is 0 Å². The van der Waals surface area contributed by atoms with E-state index in [-0.39, 0.29) is 44.8 Å². The molecule has 0 fully saturated rings. The second-order valence-electron chi connectivity index (χ2n) is 4.88. The molecule has 2 N–H and O–H groups in total. The van der Waals surface area contributed by atoms with E-state index in [0.29, 0.717) is 5.75 Å². The molecular weight excluding hydrogens is 300 g/mol. The zero-order chi connectivity index (χ0) is 16.6. The van der Waals surface area contributed by atoms with Gasteiger partial charge in [0.2, 0.25) is 5.43 Å². The van der Waals surface area contributed by atoms with Crippen LogP contribution in [0.2, 0.25) is 0 Å². The largest absolute Gasteiger partial charge is 0.508 e.